The third-order valence-electron chi connectivity index (χ3n) is 5.93. The molecule has 0 saturated carbocycles. The van der Waals surface area contributed by atoms with Gasteiger partial charge in [0, 0.05) is 29.7 Å². The highest BCUT2D eigenvalue weighted by Gasteiger charge is 2.18. The second-order valence-electron chi connectivity index (χ2n) is 8.20. The Morgan fingerprint density at radius 2 is 1.71 bits per heavy atom. The maximum Gasteiger partial charge on any atom is 0.332 e. The number of fused-ring (bicyclic) bond motifs is 1. The first-order chi connectivity index (χ1) is 17.2. The molecule has 1 N–H and O–H groups in total. The van der Waals surface area contributed by atoms with Gasteiger partial charge in [0.05, 0.1) is 48.7 Å². The first-order valence-corrected chi connectivity index (χ1v) is 11.0. The van der Waals surface area contributed by atoms with Gasteiger partial charge in [-0.2, -0.15) is 5.10 Å². The second-order valence-corrected chi connectivity index (χ2v) is 8.20. The van der Waals surface area contributed by atoms with Crippen molar-refractivity contribution in [1.29, 1.82) is 0 Å². The minimum absolute atomic E-state index is 0.112. The quantitative estimate of drug-likeness (QED) is 0.407. The average Bonchev–Trinajstić information content (AvgIpc) is 3.66. The number of hydrogen-bond donors (Lipinski definition) is 1. The predicted molar refractivity (Wildman–Crippen MR) is 131 cm³/mol. The lowest BCUT2D eigenvalue weighted by atomic mass is 10.2. The summed E-state index contributed by atoms with van der Waals surface area (Å²) in [6, 6.07) is 17.0. The average molecular weight is 464 g/mol. The van der Waals surface area contributed by atoms with Crippen LogP contribution in [0.2, 0.25) is 0 Å². The number of H-pyrrole nitrogens is 1. The number of rotatable bonds is 6. The minimum Gasteiger partial charge on any atom is -0.472 e. The monoisotopic (exact) mass is 464 g/mol. The van der Waals surface area contributed by atoms with E-state index in [1.54, 1.807) is 33.9 Å². The molecule has 9 heteroatoms. The zero-order chi connectivity index (χ0) is 23.8. The fourth-order valence-electron chi connectivity index (χ4n) is 4.16. The Balaban J connectivity index is 1.51. The summed E-state index contributed by atoms with van der Waals surface area (Å²) in [7, 11) is 0. The molecule has 0 aliphatic heterocycles. The Kier molecular flexibility index (Phi) is 4.99. The van der Waals surface area contributed by atoms with Crippen molar-refractivity contribution in [3.8, 4) is 16.9 Å². The van der Waals surface area contributed by atoms with Crippen LogP contribution in [0.15, 0.2) is 106 Å². The number of nitrogens with zero attached hydrogens (tertiary/aromatic N) is 5. The summed E-state index contributed by atoms with van der Waals surface area (Å²) >= 11 is 0. The zero-order valence-electron chi connectivity index (χ0n) is 18.5. The lowest BCUT2D eigenvalue weighted by Gasteiger charge is -2.11. The normalized spacial score (nSPS) is 11.3. The van der Waals surface area contributed by atoms with Crippen molar-refractivity contribution in [2.24, 2.45) is 0 Å². The third kappa shape index (κ3) is 3.78. The lowest BCUT2D eigenvalue weighted by Crippen LogP contribution is -2.40. The van der Waals surface area contributed by atoms with Crippen LogP contribution in [-0.2, 0) is 13.1 Å². The molecule has 35 heavy (non-hydrogen) atoms. The molecule has 0 amide bonds. The molecule has 0 saturated heterocycles. The summed E-state index contributed by atoms with van der Waals surface area (Å²) in [6.07, 6.45) is 10.0. The first-order valence-electron chi connectivity index (χ1n) is 11.0. The molecule has 6 aromatic rings. The Morgan fingerprint density at radius 3 is 2.49 bits per heavy atom. The van der Waals surface area contributed by atoms with Crippen molar-refractivity contribution in [2.45, 2.75) is 13.1 Å². The van der Waals surface area contributed by atoms with Gasteiger partial charge in [-0.25, -0.2) is 9.48 Å². The molecule has 1 aromatic carbocycles. The topological polar surface area (TPSA) is 104 Å². The van der Waals surface area contributed by atoms with Crippen LogP contribution in [0.1, 0.15) is 11.1 Å². The van der Waals surface area contributed by atoms with E-state index < -0.39 is 5.69 Å². The smallest absolute Gasteiger partial charge is 0.332 e. The van der Waals surface area contributed by atoms with Gasteiger partial charge in [-0.15, -0.1) is 0 Å². The molecular weight excluding hydrogens is 444 g/mol. The molecule has 0 aliphatic carbocycles. The zero-order valence-corrected chi connectivity index (χ0v) is 18.5. The Labute approximate surface area is 198 Å². The van der Waals surface area contributed by atoms with Crippen molar-refractivity contribution in [3.63, 3.8) is 0 Å². The van der Waals surface area contributed by atoms with Gasteiger partial charge in [0.25, 0.3) is 5.56 Å². The van der Waals surface area contributed by atoms with E-state index in [-0.39, 0.29) is 12.1 Å². The number of aromatic nitrogens is 6. The highest BCUT2D eigenvalue weighted by molar-refractivity contribution is 5.82. The molecule has 0 bridgehead atoms. The molecule has 0 unspecified atom stereocenters. The maximum absolute atomic E-state index is 13.5. The number of pyridine rings is 1. The number of furan rings is 1. The number of para-hydroxylation sites is 1. The molecule has 5 heterocycles. The van der Waals surface area contributed by atoms with Crippen LogP contribution in [0.4, 0.5) is 0 Å². The number of hydrogen-bond acceptors (Lipinski definition) is 5. The first kappa shape index (κ1) is 20.7. The van der Waals surface area contributed by atoms with Crippen molar-refractivity contribution in [3.05, 3.63) is 124 Å². The molecule has 0 fully saturated rings. The number of benzene rings is 1. The molecule has 9 nitrogen and oxygen atoms in total. The van der Waals surface area contributed by atoms with E-state index in [1.807, 2.05) is 54.7 Å². The molecule has 6 rings (SSSR count). The van der Waals surface area contributed by atoms with Crippen molar-refractivity contribution < 1.29 is 4.42 Å². The van der Waals surface area contributed by atoms with Crippen LogP contribution in [0, 0.1) is 0 Å². The summed E-state index contributed by atoms with van der Waals surface area (Å²) in [6.45, 7) is 0.408. The van der Waals surface area contributed by atoms with Gasteiger partial charge >= 0.3 is 5.69 Å². The van der Waals surface area contributed by atoms with E-state index in [1.165, 1.54) is 17.1 Å². The van der Waals surface area contributed by atoms with Crippen LogP contribution in [-0.4, -0.2) is 28.9 Å². The molecule has 5 aromatic heterocycles. The summed E-state index contributed by atoms with van der Waals surface area (Å²) in [5.41, 5.74) is 4.15. The predicted octanol–water partition coefficient (Wildman–Crippen LogP) is 3.43. The minimum atomic E-state index is -0.397. The van der Waals surface area contributed by atoms with E-state index in [0.717, 1.165) is 22.4 Å². The highest BCUT2D eigenvalue weighted by Crippen LogP contribution is 2.23. The van der Waals surface area contributed by atoms with Gasteiger partial charge in [0.1, 0.15) is 5.52 Å². The molecule has 0 aliphatic rings. The number of aromatic amines is 1. The van der Waals surface area contributed by atoms with Crippen LogP contribution in [0.3, 0.4) is 0 Å². The van der Waals surface area contributed by atoms with Gasteiger partial charge in [-0.3, -0.25) is 18.9 Å². The third-order valence-corrected chi connectivity index (χ3v) is 5.93. The van der Waals surface area contributed by atoms with Crippen LogP contribution < -0.4 is 11.2 Å². The van der Waals surface area contributed by atoms with Gasteiger partial charge in [0.15, 0.2) is 0 Å². The van der Waals surface area contributed by atoms with Crippen LogP contribution >= 0.6 is 0 Å². The molecule has 0 radical (unpaired) electrons. The summed E-state index contributed by atoms with van der Waals surface area (Å²) < 4.78 is 9.73. The Morgan fingerprint density at radius 1 is 0.914 bits per heavy atom. The molecular formula is C26H20N6O3. The number of nitrogens with one attached hydrogen (secondary N) is 1. The Hall–Kier alpha value is -4.92. The molecule has 0 atom stereocenters. The fourth-order valence-corrected chi connectivity index (χ4v) is 4.16. The van der Waals surface area contributed by atoms with Gasteiger partial charge < -0.3 is 9.40 Å². The maximum atomic E-state index is 13.5. The molecule has 0 spiro atoms. The largest absolute Gasteiger partial charge is 0.472 e. The van der Waals surface area contributed by atoms with E-state index in [9.17, 15) is 9.59 Å². The SMILES string of the molecule is O=c1c2[nH]c(-c3cnn(-c4ccccc4)c3)cc2n(Cc2ccncc2)c(=O)n1Cc1ccoc1. The summed E-state index contributed by atoms with van der Waals surface area (Å²) in [5.74, 6) is 0. The molecule has 172 valence electrons. The van der Waals surface area contributed by atoms with Gasteiger partial charge in [-0.05, 0) is 42.0 Å². The lowest BCUT2D eigenvalue weighted by molar-refractivity contribution is 0.558. The van der Waals surface area contributed by atoms with Crippen LogP contribution in [0.25, 0.3) is 28.0 Å². The van der Waals surface area contributed by atoms with E-state index >= 15 is 0 Å². The van der Waals surface area contributed by atoms with E-state index in [4.69, 9.17) is 4.42 Å². The van der Waals surface area contributed by atoms with Gasteiger partial charge in [-0.1, -0.05) is 18.2 Å². The fraction of sp³-hybridized carbons (Fsp3) is 0.0769. The second kappa shape index (κ2) is 8.45. The van der Waals surface area contributed by atoms with Crippen molar-refractivity contribution in [2.75, 3.05) is 0 Å². The highest BCUT2D eigenvalue weighted by atomic mass is 16.3. The standard InChI is InChI=1S/C26H20N6O3/c33-25-24-23(12-22(29-24)20-13-28-32(16-20)21-4-2-1-3-5-21)30(14-18-6-9-27-10-7-18)26(34)31(25)15-19-8-11-35-17-19/h1-13,16-17,29H,14-15H2. The van der Waals surface area contributed by atoms with E-state index in [2.05, 4.69) is 15.1 Å². The van der Waals surface area contributed by atoms with E-state index in [0.29, 0.717) is 23.3 Å². The van der Waals surface area contributed by atoms with Crippen LogP contribution in [0.5, 0.6) is 0 Å². The summed E-state index contributed by atoms with van der Waals surface area (Å²) in [5, 5.41) is 4.46. The summed E-state index contributed by atoms with van der Waals surface area (Å²) in [4.78, 5) is 34.2. The Bertz CT molecular complexity index is 1730. The van der Waals surface area contributed by atoms with Crippen molar-refractivity contribution in [1.82, 2.24) is 28.9 Å². The van der Waals surface area contributed by atoms with Crippen molar-refractivity contribution >= 4 is 11.0 Å². The van der Waals surface area contributed by atoms with Gasteiger partial charge in [0.2, 0.25) is 0 Å².